The maximum atomic E-state index is 10.7. The van der Waals surface area contributed by atoms with Gasteiger partial charge in [0.2, 0.25) is 0 Å². The molecule has 2 atom stereocenters. The van der Waals surface area contributed by atoms with E-state index in [9.17, 15) is 4.79 Å². The highest BCUT2D eigenvalue weighted by Gasteiger charge is 2.18. The molecule has 0 aromatic heterocycles. The lowest BCUT2D eigenvalue weighted by atomic mass is 10.1. The lowest BCUT2D eigenvalue weighted by molar-refractivity contribution is -0.139. The second-order valence-electron chi connectivity index (χ2n) is 5.79. The molecule has 4 N–H and O–H groups in total. The predicted molar refractivity (Wildman–Crippen MR) is 84.9 cm³/mol. The van der Waals surface area contributed by atoms with Crippen LogP contribution in [0, 0.1) is 0 Å². The first-order valence-electron chi connectivity index (χ1n) is 8.31. The standard InChI is InChI=1S/C16H34N2O2/c1-3-4-5-6-7-8-9-10-11-12-13-18-14(2)15(17)16(19)20/h14-15,18H,3-13,17H2,1-2H3,(H,19,20). The fourth-order valence-electron chi connectivity index (χ4n) is 2.28. The van der Waals surface area contributed by atoms with Crippen molar-refractivity contribution in [2.24, 2.45) is 5.73 Å². The third-order valence-electron chi connectivity index (χ3n) is 3.82. The van der Waals surface area contributed by atoms with Crippen molar-refractivity contribution in [2.75, 3.05) is 6.54 Å². The highest BCUT2D eigenvalue weighted by Crippen LogP contribution is 2.10. The Labute approximate surface area is 124 Å². The third-order valence-corrected chi connectivity index (χ3v) is 3.82. The number of aliphatic carboxylic acids is 1. The van der Waals surface area contributed by atoms with Gasteiger partial charge in [-0.3, -0.25) is 4.79 Å². The molecule has 4 heteroatoms. The van der Waals surface area contributed by atoms with Gasteiger partial charge in [0.15, 0.2) is 0 Å². The fourth-order valence-corrected chi connectivity index (χ4v) is 2.28. The zero-order valence-corrected chi connectivity index (χ0v) is 13.4. The maximum Gasteiger partial charge on any atom is 0.322 e. The summed E-state index contributed by atoms with van der Waals surface area (Å²) in [4.78, 5) is 10.7. The highest BCUT2D eigenvalue weighted by atomic mass is 16.4. The van der Waals surface area contributed by atoms with E-state index in [0.29, 0.717) is 0 Å². The molecular weight excluding hydrogens is 252 g/mol. The van der Waals surface area contributed by atoms with Crippen LogP contribution in [0.15, 0.2) is 0 Å². The molecule has 0 aromatic rings. The Balaban J connectivity index is 3.22. The van der Waals surface area contributed by atoms with Crippen LogP contribution in [-0.2, 0) is 4.79 Å². The molecule has 0 saturated heterocycles. The van der Waals surface area contributed by atoms with E-state index < -0.39 is 12.0 Å². The topological polar surface area (TPSA) is 75.3 Å². The molecule has 0 bridgehead atoms. The van der Waals surface area contributed by atoms with Crippen LogP contribution in [0.4, 0.5) is 0 Å². The van der Waals surface area contributed by atoms with E-state index >= 15 is 0 Å². The molecule has 0 aliphatic heterocycles. The van der Waals surface area contributed by atoms with Gasteiger partial charge in [-0.1, -0.05) is 64.7 Å². The summed E-state index contributed by atoms with van der Waals surface area (Å²) in [5, 5.41) is 11.9. The summed E-state index contributed by atoms with van der Waals surface area (Å²) in [5.41, 5.74) is 5.53. The van der Waals surface area contributed by atoms with Crippen molar-refractivity contribution in [3.8, 4) is 0 Å². The summed E-state index contributed by atoms with van der Waals surface area (Å²) in [6, 6.07) is -0.968. The normalized spacial score (nSPS) is 14.2. The van der Waals surface area contributed by atoms with Gasteiger partial charge in [-0.25, -0.2) is 0 Å². The molecule has 0 aliphatic rings. The number of unbranched alkanes of at least 4 members (excludes halogenated alkanes) is 9. The Kier molecular flexibility index (Phi) is 13.0. The van der Waals surface area contributed by atoms with E-state index in [-0.39, 0.29) is 6.04 Å². The number of carboxylic acid groups (broad SMARTS) is 1. The lowest BCUT2D eigenvalue weighted by Gasteiger charge is -2.17. The van der Waals surface area contributed by atoms with Crippen LogP contribution in [0.1, 0.15) is 78.1 Å². The van der Waals surface area contributed by atoms with Gasteiger partial charge in [-0.05, 0) is 19.9 Å². The van der Waals surface area contributed by atoms with Gasteiger partial charge in [-0.2, -0.15) is 0 Å². The molecule has 0 spiro atoms. The van der Waals surface area contributed by atoms with Gasteiger partial charge in [0.05, 0.1) is 0 Å². The number of carboxylic acids is 1. The number of hydrogen-bond acceptors (Lipinski definition) is 3. The number of carbonyl (C=O) groups is 1. The zero-order valence-electron chi connectivity index (χ0n) is 13.4. The average molecular weight is 286 g/mol. The van der Waals surface area contributed by atoms with Gasteiger partial charge < -0.3 is 16.2 Å². The molecule has 0 fully saturated rings. The number of nitrogens with two attached hydrogens (primary N) is 1. The molecule has 120 valence electrons. The molecule has 20 heavy (non-hydrogen) atoms. The molecule has 0 rings (SSSR count). The molecule has 4 nitrogen and oxygen atoms in total. The third kappa shape index (κ3) is 11.2. The Hall–Kier alpha value is -0.610. The minimum atomic E-state index is -0.937. The quantitative estimate of drug-likeness (QED) is 0.428. The van der Waals surface area contributed by atoms with Gasteiger partial charge in [0.25, 0.3) is 0 Å². The van der Waals surface area contributed by atoms with E-state index in [1.165, 1.54) is 57.8 Å². The molecule has 0 aliphatic carbocycles. The van der Waals surface area contributed by atoms with Crippen LogP contribution in [0.25, 0.3) is 0 Å². The van der Waals surface area contributed by atoms with Gasteiger partial charge in [0.1, 0.15) is 6.04 Å². The molecule has 0 radical (unpaired) electrons. The van der Waals surface area contributed by atoms with E-state index in [2.05, 4.69) is 12.2 Å². The van der Waals surface area contributed by atoms with Crippen LogP contribution in [0.3, 0.4) is 0 Å². The first kappa shape index (κ1) is 19.4. The lowest BCUT2D eigenvalue weighted by Crippen LogP contribution is -2.48. The average Bonchev–Trinajstić information content (AvgIpc) is 2.43. The molecule has 2 unspecified atom stereocenters. The summed E-state index contributed by atoms with van der Waals surface area (Å²) in [6.45, 7) is 4.94. The van der Waals surface area contributed by atoms with Crippen LogP contribution in [0.2, 0.25) is 0 Å². The number of rotatable bonds is 14. The van der Waals surface area contributed by atoms with E-state index in [0.717, 1.165) is 13.0 Å². The minimum absolute atomic E-state index is 0.161. The first-order chi connectivity index (χ1) is 9.59. The second-order valence-corrected chi connectivity index (χ2v) is 5.79. The van der Waals surface area contributed by atoms with Gasteiger partial charge in [-0.15, -0.1) is 0 Å². The van der Waals surface area contributed by atoms with Crippen LogP contribution in [-0.4, -0.2) is 29.7 Å². The summed E-state index contributed by atoms with van der Waals surface area (Å²) in [6.07, 6.45) is 13.1. The summed E-state index contributed by atoms with van der Waals surface area (Å²) in [7, 11) is 0. The maximum absolute atomic E-state index is 10.7. The van der Waals surface area contributed by atoms with Crippen molar-refractivity contribution in [3.63, 3.8) is 0 Å². The number of hydrogen-bond donors (Lipinski definition) is 3. The SMILES string of the molecule is CCCCCCCCCCCCNC(C)C(N)C(=O)O. The molecule has 0 heterocycles. The largest absolute Gasteiger partial charge is 0.480 e. The Morgan fingerprint density at radius 3 is 1.90 bits per heavy atom. The van der Waals surface area contributed by atoms with Crippen molar-refractivity contribution in [1.82, 2.24) is 5.32 Å². The highest BCUT2D eigenvalue weighted by molar-refractivity contribution is 5.74. The Morgan fingerprint density at radius 1 is 1.00 bits per heavy atom. The molecular formula is C16H34N2O2. The number of nitrogens with one attached hydrogen (secondary N) is 1. The molecule has 0 saturated carbocycles. The molecule has 0 aromatic carbocycles. The predicted octanol–water partition coefficient (Wildman–Crippen LogP) is 3.30. The molecule has 0 amide bonds. The van der Waals surface area contributed by atoms with Crippen molar-refractivity contribution in [3.05, 3.63) is 0 Å². The Bertz CT molecular complexity index is 235. The van der Waals surface area contributed by atoms with E-state index in [4.69, 9.17) is 10.8 Å². The van der Waals surface area contributed by atoms with E-state index in [1.54, 1.807) is 0 Å². The summed E-state index contributed by atoms with van der Waals surface area (Å²) < 4.78 is 0. The first-order valence-corrected chi connectivity index (χ1v) is 8.31. The van der Waals surface area contributed by atoms with Crippen molar-refractivity contribution in [1.29, 1.82) is 0 Å². The summed E-state index contributed by atoms with van der Waals surface area (Å²) in [5.74, 6) is -0.937. The van der Waals surface area contributed by atoms with Crippen molar-refractivity contribution >= 4 is 5.97 Å². The monoisotopic (exact) mass is 286 g/mol. The smallest absolute Gasteiger partial charge is 0.322 e. The van der Waals surface area contributed by atoms with Gasteiger partial charge >= 0.3 is 5.97 Å². The van der Waals surface area contributed by atoms with Crippen molar-refractivity contribution in [2.45, 2.75) is 90.1 Å². The minimum Gasteiger partial charge on any atom is -0.480 e. The van der Waals surface area contributed by atoms with Crippen LogP contribution >= 0.6 is 0 Å². The summed E-state index contributed by atoms with van der Waals surface area (Å²) >= 11 is 0. The zero-order chi connectivity index (χ0) is 15.2. The Morgan fingerprint density at radius 2 is 1.45 bits per heavy atom. The van der Waals surface area contributed by atoms with Crippen molar-refractivity contribution < 1.29 is 9.90 Å². The van der Waals surface area contributed by atoms with Gasteiger partial charge in [0, 0.05) is 6.04 Å². The second kappa shape index (κ2) is 13.4. The van der Waals surface area contributed by atoms with E-state index in [1.807, 2.05) is 6.92 Å². The van der Waals surface area contributed by atoms with Crippen LogP contribution < -0.4 is 11.1 Å². The fraction of sp³-hybridized carbons (Fsp3) is 0.938. The van der Waals surface area contributed by atoms with Crippen LogP contribution in [0.5, 0.6) is 0 Å².